The second kappa shape index (κ2) is 10.8. The van der Waals surface area contributed by atoms with Gasteiger partial charge < -0.3 is 23.7 Å². The number of hydrogen-bond donors (Lipinski definition) is 0. The van der Waals surface area contributed by atoms with Crippen molar-refractivity contribution in [1.82, 2.24) is 9.80 Å². The highest BCUT2D eigenvalue weighted by atomic mass is 79.9. The Morgan fingerprint density at radius 3 is 2.60 bits per heavy atom. The van der Waals surface area contributed by atoms with Crippen LogP contribution in [0.5, 0.6) is 11.5 Å². The minimum absolute atomic E-state index is 0.104. The van der Waals surface area contributed by atoms with Gasteiger partial charge in [0.1, 0.15) is 5.58 Å². The summed E-state index contributed by atoms with van der Waals surface area (Å²) in [6, 6.07) is 10.3. The minimum Gasteiger partial charge on any atom is -0.493 e. The quantitative estimate of drug-likeness (QED) is 0.326. The summed E-state index contributed by atoms with van der Waals surface area (Å²) in [4.78, 5) is 30.9. The number of carbonyl (C=O) groups is 1. The number of nitrogens with zero attached hydrogens (tertiary/aromatic N) is 2. The molecule has 1 unspecified atom stereocenters. The van der Waals surface area contributed by atoms with Crippen LogP contribution >= 0.6 is 15.9 Å². The number of amides is 1. The molecule has 0 radical (unpaired) electrons. The van der Waals surface area contributed by atoms with Crippen LogP contribution in [0.4, 0.5) is 0 Å². The number of fused-ring (bicyclic) bond motifs is 2. The maximum atomic E-state index is 13.7. The maximum absolute atomic E-state index is 13.7. The summed E-state index contributed by atoms with van der Waals surface area (Å²) in [7, 11) is 5.49. The lowest BCUT2D eigenvalue weighted by Gasteiger charge is -2.27. The molecule has 35 heavy (non-hydrogen) atoms. The zero-order valence-corrected chi connectivity index (χ0v) is 22.2. The summed E-state index contributed by atoms with van der Waals surface area (Å²) in [5.41, 5.74) is 1.33. The summed E-state index contributed by atoms with van der Waals surface area (Å²) in [5.74, 6) is 1.03. The number of rotatable bonds is 10. The first-order chi connectivity index (χ1) is 16.8. The number of likely N-dealkylation sites (N-methyl/N-ethyl adjacent to an activating group) is 1. The van der Waals surface area contributed by atoms with Crippen LogP contribution in [0.15, 0.2) is 50.1 Å². The number of hydrogen-bond acceptors (Lipinski definition) is 6. The molecule has 0 fully saturated rings. The average molecular weight is 543 g/mol. The highest BCUT2D eigenvalue weighted by Gasteiger charge is 2.42. The molecule has 0 aliphatic carbocycles. The summed E-state index contributed by atoms with van der Waals surface area (Å²) in [5, 5.41) is 0.438. The smallest absolute Gasteiger partial charge is 0.290 e. The van der Waals surface area contributed by atoms with E-state index >= 15 is 0 Å². The number of methoxy groups -OCH3 is 1. The second-order valence-corrected chi connectivity index (χ2v) is 9.90. The van der Waals surface area contributed by atoms with Crippen LogP contribution < -0.4 is 14.9 Å². The first-order valence-electron chi connectivity index (χ1n) is 11.9. The lowest BCUT2D eigenvalue weighted by molar-refractivity contribution is 0.0716. The zero-order chi connectivity index (χ0) is 25.1. The largest absolute Gasteiger partial charge is 0.493 e. The van der Waals surface area contributed by atoms with Crippen LogP contribution in [0.3, 0.4) is 0 Å². The third kappa shape index (κ3) is 5.09. The molecule has 3 aromatic rings. The van der Waals surface area contributed by atoms with Gasteiger partial charge in [-0.05, 0) is 56.4 Å². The van der Waals surface area contributed by atoms with E-state index in [1.807, 2.05) is 37.2 Å². The Kier molecular flexibility index (Phi) is 7.82. The third-order valence-electron chi connectivity index (χ3n) is 6.22. The van der Waals surface area contributed by atoms with Crippen LogP contribution in [-0.2, 0) is 0 Å². The lowest BCUT2D eigenvalue weighted by Crippen LogP contribution is -2.35. The van der Waals surface area contributed by atoms with Crippen molar-refractivity contribution < 1.29 is 18.7 Å². The van der Waals surface area contributed by atoms with E-state index < -0.39 is 6.04 Å². The standard InChI is InChI=1S/C27H31BrN2O5/c1-5-6-7-14-34-21-10-8-17(15-22(21)33-4)24-23-25(31)19-16-18(28)9-11-20(19)35-26(23)27(32)30(24)13-12-29(2)3/h8-11,15-16,24H,5-7,12-14H2,1-4H3. The molecule has 7 nitrogen and oxygen atoms in total. The van der Waals surface area contributed by atoms with Gasteiger partial charge in [0.15, 0.2) is 16.9 Å². The van der Waals surface area contributed by atoms with E-state index in [1.54, 1.807) is 30.2 Å². The van der Waals surface area contributed by atoms with E-state index in [1.165, 1.54) is 0 Å². The molecule has 0 bridgehead atoms. The van der Waals surface area contributed by atoms with Crippen molar-refractivity contribution in [3.05, 3.63) is 68.0 Å². The van der Waals surface area contributed by atoms with Gasteiger partial charge in [-0.15, -0.1) is 0 Å². The molecule has 1 aromatic heterocycles. The summed E-state index contributed by atoms with van der Waals surface area (Å²) in [6.45, 7) is 3.84. The molecule has 1 aliphatic heterocycles. The number of unbranched alkanes of at least 4 members (excludes halogenated alkanes) is 2. The van der Waals surface area contributed by atoms with E-state index in [4.69, 9.17) is 13.9 Å². The highest BCUT2D eigenvalue weighted by Crippen LogP contribution is 2.41. The number of carbonyl (C=O) groups excluding carboxylic acids is 1. The van der Waals surface area contributed by atoms with Crippen molar-refractivity contribution in [2.75, 3.05) is 40.9 Å². The fraction of sp³-hybridized carbons (Fsp3) is 0.407. The Labute approximate surface area is 213 Å². The summed E-state index contributed by atoms with van der Waals surface area (Å²) in [6.07, 6.45) is 3.18. The molecule has 0 N–H and O–H groups in total. The Morgan fingerprint density at radius 1 is 1.09 bits per heavy atom. The number of halogens is 1. The van der Waals surface area contributed by atoms with Crippen molar-refractivity contribution in [2.24, 2.45) is 0 Å². The average Bonchev–Trinajstić information content (AvgIpc) is 3.12. The van der Waals surface area contributed by atoms with Crippen molar-refractivity contribution in [1.29, 1.82) is 0 Å². The molecule has 1 amide bonds. The van der Waals surface area contributed by atoms with Crippen molar-refractivity contribution >= 4 is 32.8 Å². The monoisotopic (exact) mass is 542 g/mol. The molecule has 0 spiro atoms. The van der Waals surface area contributed by atoms with Crippen LogP contribution in [0.1, 0.15) is 53.9 Å². The molecule has 0 saturated heterocycles. The molecule has 0 saturated carbocycles. The van der Waals surface area contributed by atoms with Gasteiger partial charge in [-0.1, -0.05) is 41.8 Å². The van der Waals surface area contributed by atoms with Crippen LogP contribution in [0.25, 0.3) is 11.0 Å². The molecule has 8 heteroatoms. The molecular weight excluding hydrogens is 512 g/mol. The van der Waals surface area contributed by atoms with Gasteiger partial charge in [0.2, 0.25) is 5.76 Å². The Morgan fingerprint density at radius 2 is 1.89 bits per heavy atom. The maximum Gasteiger partial charge on any atom is 0.290 e. The molecular formula is C27H31BrN2O5. The van der Waals surface area contributed by atoms with Crippen molar-refractivity contribution in [3.63, 3.8) is 0 Å². The van der Waals surface area contributed by atoms with Crippen LogP contribution in [0, 0.1) is 0 Å². The molecule has 2 aromatic carbocycles. The second-order valence-electron chi connectivity index (χ2n) is 8.98. The van der Waals surface area contributed by atoms with E-state index in [9.17, 15) is 9.59 Å². The van der Waals surface area contributed by atoms with Gasteiger partial charge in [-0.25, -0.2) is 0 Å². The SMILES string of the molecule is CCCCCOc1ccc(C2c3c(oc4ccc(Br)cc4c3=O)C(=O)N2CCN(C)C)cc1OC. The number of ether oxygens (including phenoxy) is 2. The van der Waals surface area contributed by atoms with E-state index in [0.29, 0.717) is 47.7 Å². The molecule has 1 aliphatic rings. The first kappa shape index (κ1) is 25.3. The summed E-state index contributed by atoms with van der Waals surface area (Å²) >= 11 is 3.44. The Hall–Kier alpha value is -2.84. The van der Waals surface area contributed by atoms with Gasteiger partial charge in [-0.2, -0.15) is 0 Å². The topological polar surface area (TPSA) is 72.2 Å². The summed E-state index contributed by atoms with van der Waals surface area (Å²) < 4.78 is 18.4. The minimum atomic E-state index is -0.583. The zero-order valence-electron chi connectivity index (χ0n) is 20.6. The molecule has 186 valence electrons. The first-order valence-corrected chi connectivity index (χ1v) is 12.7. The van der Waals surface area contributed by atoms with E-state index in [-0.39, 0.29) is 17.1 Å². The highest BCUT2D eigenvalue weighted by molar-refractivity contribution is 9.10. The Bertz CT molecular complexity index is 1290. The van der Waals surface area contributed by atoms with Gasteiger partial charge in [0.25, 0.3) is 5.91 Å². The van der Waals surface area contributed by atoms with Crippen LogP contribution in [0.2, 0.25) is 0 Å². The molecule has 4 rings (SSSR count). The van der Waals surface area contributed by atoms with Gasteiger partial charge in [0.05, 0.1) is 30.7 Å². The van der Waals surface area contributed by atoms with E-state index in [0.717, 1.165) is 29.3 Å². The fourth-order valence-electron chi connectivity index (χ4n) is 4.39. The fourth-order valence-corrected chi connectivity index (χ4v) is 4.75. The van der Waals surface area contributed by atoms with E-state index in [2.05, 4.69) is 22.9 Å². The lowest BCUT2D eigenvalue weighted by atomic mass is 9.98. The van der Waals surface area contributed by atoms with Gasteiger partial charge in [0, 0.05) is 17.6 Å². The van der Waals surface area contributed by atoms with Gasteiger partial charge >= 0.3 is 0 Å². The Balaban J connectivity index is 1.81. The number of benzene rings is 2. The van der Waals surface area contributed by atoms with Crippen molar-refractivity contribution in [3.8, 4) is 11.5 Å². The van der Waals surface area contributed by atoms with Gasteiger partial charge in [-0.3, -0.25) is 9.59 Å². The van der Waals surface area contributed by atoms with Crippen LogP contribution in [-0.4, -0.2) is 56.6 Å². The third-order valence-corrected chi connectivity index (χ3v) is 6.72. The molecule has 2 heterocycles. The van der Waals surface area contributed by atoms with Crippen molar-refractivity contribution in [2.45, 2.75) is 32.2 Å². The predicted molar refractivity (Wildman–Crippen MR) is 140 cm³/mol. The normalized spacial score (nSPS) is 15.2. The molecule has 1 atom stereocenters. The predicted octanol–water partition coefficient (Wildman–Crippen LogP) is 5.24.